The van der Waals surface area contributed by atoms with Crippen molar-refractivity contribution in [2.75, 3.05) is 20.2 Å². The van der Waals surface area contributed by atoms with Crippen molar-refractivity contribution >= 4 is 5.97 Å². The standard InChI is InChI=1S/C15H21FN2O2/c1-20-15(19)12-3-2-6-18(10-12)9-11-4-5-14(16)13(7-11)8-17/h4-5,7,12H,2-3,6,8-10,17H2,1H3. The van der Waals surface area contributed by atoms with Gasteiger partial charge in [0.15, 0.2) is 0 Å². The average molecular weight is 280 g/mol. The maximum absolute atomic E-state index is 13.4. The molecule has 1 fully saturated rings. The van der Waals surface area contributed by atoms with E-state index in [1.165, 1.54) is 13.2 Å². The van der Waals surface area contributed by atoms with Crippen LogP contribution in [0.2, 0.25) is 0 Å². The lowest BCUT2D eigenvalue weighted by atomic mass is 9.97. The highest BCUT2D eigenvalue weighted by Crippen LogP contribution is 2.20. The van der Waals surface area contributed by atoms with E-state index in [2.05, 4.69) is 4.90 Å². The van der Waals surface area contributed by atoms with Crippen LogP contribution in [0.3, 0.4) is 0 Å². The van der Waals surface area contributed by atoms with Crippen LogP contribution in [0.5, 0.6) is 0 Å². The van der Waals surface area contributed by atoms with Crippen LogP contribution in [0.1, 0.15) is 24.0 Å². The zero-order valence-electron chi connectivity index (χ0n) is 11.8. The zero-order chi connectivity index (χ0) is 14.5. The Hall–Kier alpha value is -1.46. The molecule has 1 aromatic carbocycles. The molecule has 110 valence electrons. The molecule has 4 nitrogen and oxygen atoms in total. The summed E-state index contributed by atoms with van der Waals surface area (Å²) in [5.74, 6) is -0.457. The number of nitrogens with zero attached hydrogens (tertiary/aromatic N) is 1. The predicted molar refractivity (Wildman–Crippen MR) is 74.3 cm³/mol. The number of rotatable bonds is 4. The molecule has 2 rings (SSSR count). The Kier molecular flexibility index (Phi) is 5.09. The molecule has 2 N–H and O–H groups in total. The van der Waals surface area contributed by atoms with Crippen LogP contribution in [0.15, 0.2) is 18.2 Å². The molecule has 1 atom stereocenters. The molecule has 0 aliphatic carbocycles. The van der Waals surface area contributed by atoms with Gasteiger partial charge in [-0.05, 0) is 31.0 Å². The first-order valence-electron chi connectivity index (χ1n) is 6.91. The number of halogens is 1. The molecule has 1 aliphatic heterocycles. The molecule has 1 saturated heterocycles. The molecule has 1 aliphatic rings. The predicted octanol–water partition coefficient (Wildman–Crippen LogP) is 1.67. The van der Waals surface area contributed by atoms with Crippen molar-refractivity contribution in [2.45, 2.75) is 25.9 Å². The van der Waals surface area contributed by atoms with E-state index in [0.29, 0.717) is 18.7 Å². The SMILES string of the molecule is COC(=O)C1CCCN(Cc2ccc(F)c(CN)c2)C1. The Morgan fingerprint density at radius 2 is 2.35 bits per heavy atom. The molecule has 0 amide bonds. The number of hydrogen-bond acceptors (Lipinski definition) is 4. The molecule has 0 radical (unpaired) electrons. The van der Waals surface area contributed by atoms with E-state index in [9.17, 15) is 9.18 Å². The lowest BCUT2D eigenvalue weighted by Crippen LogP contribution is -2.38. The van der Waals surface area contributed by atoms with E-state index in [0.717, 1.165) is 24.9 Å². The number of piperidine rings is 1. The number of likely N-dealkylation sites (tertiary alicyclic amines) is 1. The van der Waals surface area contributed by atoms with Gasteiger partial charge < -0.3 is 10.5 Å². The fourth-order valence-corrected chi connectivity index (χ4v) is 2.70. The summed E-state index contributed by atoms with van der Waals surface area (Å²) < 4.78 is 18.2. The highest BCUT2D eigenvalue weighted by atomic mass is 19.1. The number of carbonyl (C=O) groups excluding carboxylic acids is 1. The molecule has 0 spiro atoms. The summed E-state index contributed by atoms with van der Waals surface area (Å²) in [6.45, 7) is 2.55. The van der Waals surface area contributed by atoms with Gasteiger partial charge in [-0.1, -0.05) is 12.1 Å². The van der Waals surface area contributed by atoms with E-state index in [1.807, 2.05) is 0 Å². The number of carbonyl (C=O) groups is 1. The first-order valence-corrected chi connectivity index (χ1v) is 6.91. The fourth-order valence-electron chi connectivity index (χ4n) is 2.70. The molecule has 0 saturated carbocycles. The highest BCUT2D eigenvalue weighted by Gasteiger charge is 2.26. The first-order chi connectivity index (χ1) is 9.63. The molecule has 5 heteroatoms. The molecule has 1 unspecified atom stereocenters. The van der Waals surface area contributed by atoms with Crippen LogP contribution in [-0.2, 0) is 22.6 Å². The number of hydrogen-bond donors (Lipinski definition) is 1. The van der Waals surface area contributed by atoms with E-state index in [4.69, 9.17) is 10.5 Å². The summed E-state index contributed by atoms with van der Waals surface area (Å²) in [5.41, 5.74) is 7.07. The van der Waals surface area contributed by atoms with Crippen molar-refractivity contribution in [2.24, 2.45) is 11.7 Å². The first kappa shape index (κ1) is 14.9. The normalized spacial score (nSPS) is 19.9. The van der Waals surface area contributed by atoms with Gasteiger partial charge in [-0.2, -0.15) is 0 Å². The Morgan fingerprint density at radius 3 is 3.05 bits per heavy atom. The van der Waals surface area contributed by atoms with Crippen LogP contribution in [0.4, 0.5) is 4.39 Å². The third-order valence-corrected chi connectivity index (χ3v) is 3.78. The van der Waals surface area contributed by atoms with Gasteiger partial charge in [0.05, 0.1) is 13.0 Å². The molecule has 1 aromatic rings. The van der Waals surface area contributed by atoms with Crippen LogP contribution < -0.4 is 5.73 Å². The molecule has 0 aromatic heterocycles. The van der Waals surface area contributed by atoms with Gasteiger partial charge in [0, 0.05) is 25.2 Å². The van der Waals surface area contributed by atoms with Crippen molar-refractivity contribution in [3.05, 3.63) is 35.1 Å². The van der Waals surface area contributed by atoms with Gasteiger partial charge in [0.25, 0.3) is 0 Å². The maximum atomic E-state index is 13.4. The number of esters is 1. The lowest BCUT2D eigenvalue weighted by molar-refractivity contribution is -0.147. The summed E-state index contributed by atoms with van der Waals surface area (Å²) in [4.78, 5) is 13.8. The minimum absolute atomic E-state index is 0.0526. The second-order valence-electron chi connectivity index (χ2n) is 5.23. The third kappa shape index (κ3) is 3.55. The van der Waals surface area contributed by atoms with E-state index < -0.39 is 0 Å². The molecule has 0 bridgehead atoms. The highest BCUT2D eigenvalue weighted by molar-refractivity contribution is 5.72. The van der Waals surface area contributed by atoms with E-state index in [1.54, 1.807) is 12.1 Å². The number of benzene rings is 1. The summed E-state index contributed by atoms with van der Waals surface area (Å²) in [6, 6.07) is 5.03. The van der Waals surface area contributed by atoms with Gasteiger partial charge in [-0.3, -0.25) is 9.69 Å². The van der Waals surface area contributed by atoms with Gasteiger partial charge in [-0.25, -0.2) is 4.39 Å². The van der Waals surface area contributed by atoms with Crippen molar-refractivity contribution in [1.82, 2.24) is 4.90 Å². The van der Waals surface area contributed by atoms with Crippen LogP contribution >= 0.6 is 0 Å². The molecule has 1 heterocycles. The Balaban J connectivity index is 2.00. The van der Waals surface area contributed by atoms with E-state index >= 15 is 0 Å². The largest absolute Gasteiger partial charge is 0.469 e. The second-order valence-corrected chi connectivity index (χ2v) is 5.23. The fraction of sp³-hybridized carbons (Fsp3) is 0.533. The smallest absolute Gasteiger partial charge is 0.309 e. The molecular formula is C15H21FN2O2. The van der Waals surface area contributed by atoms with Crippen LogP contribution in [-0.4, -0.2) is 31.1 Å². The summed E-state index contributed by atoms with van der Waals surface area (Å²) in [6.07, 6.45) is 1.85. The van der Waals surface area contributed by atoms with Crippen LogP contribution in [0.25, 0.3) is 0 Å². The quantitative estimate of drug-likeness (QED) is 0.852. The average Bonchev–Trinajstić information content (AvgIpc) is 2.48. The van der Waals surface area contributed by atoms with Crippen molar-refractivity contribution in [3.63, 3.8) is 0 Å². The monoisotopic (exact) mass is 280 g/mol. The van der Waals surface area contributed by atoms with Crippen molar-refractivity contribution < 1.29 is 13.9 Å². The minimum atomic E-state index is -0.262. The van der Waals surface area contributed by atoms with Crippen LogP contribution in [0, 0.1) is 11.7 Å². The number of methoxy groups -OCH3 is 1. The summed E-state index contributed by atoms with van der Waals surface area (Å²) >= 11 is 0. The Labute approximate surface area is 118 Å². The lowest BCUT2D eigenvalue weighted by Gasteiger charge is -2.31. The van der Waals surface area contributed by atoms with Gasteiger partial charge >= 0.3 is 5.97 Å². The zero-order valence-corrected chi connectivity index (χ0v) is 11.8. The van der Waals surface area contributed by atoms with E-state index in [-0.39, 0.29) is 24.2 Å². The maximum Gasteiger partial charge on any atom is 0.309 e. The Bertz CT molecular complexity index is 479. The van der Waals surface area contributed by atoms with Crippen molar-refractivity contribution in [3.8, 4) is 0 Å². The van der Waals surface area contributed by atoms with Gasteiger partial charge in [-0.15, -0.1) is 0 Å². The minimum Gasteiger partial charge on any atom is -0.469 e. The number of ether oxygens (including phenoxy) is 1. The Morgan fingerprint density at radius 1 is 1.55 bits per heavy atom. The van der Waals surface area contributed by atoms with Gasteiger partial charge in [0.1, 0.15) is 5.82 Å². The molecular weight excluding hydrogens is 259 g/mol. The van der Waals surface area contributed by atoms with Crippen molar-refractivity contribution in [1.29, 1.82) is 0 Å². The summed E-state index contributed by atoms with van der Waals surface area (Å²) in [7, 11) is 1.43. The number of nitrogens with two attached hydrogens (primary N) is 1. The second kappa shape index (κ2) is 6.81. The van der Waals surface area contributed by atoms with Gasteiger partial charge in [0.2, 0.25) is 0 Å². The third-order valence-electron chi connectivity index (χ3n) is 3.78. The molecule has 20 heavy (non-hydrogen) atoms. The summed E-state index contributed by atoms with van der Waals surface area (Å²) in [5, 5.41) is 0. The topological polar surface area (TPSA) is 55.6 Å².